The van der Waals surface area contributed by atoms with Crippen molar-refractivity contribution >= 4 is 34.2 Å². The van der Waals surface area contributed by atoms with E-state index in [9.17, 15) is 5.26 Å². The van der Waals surface area contributed by atoms with Crippen molar-refractivity contribution in [3.63, 3.8) is 0 Å². The van der Waals surface area contributed by atoms with Crippen molar-refractivity contribution in [1.29, 1.82) is 5.26 Å². The van der Waals surface area contributed by atoms with Crippen LogP contribution in [0, 0.1) is 11.3 Å². The molecule has 4 nitrogen and oxygen atoms in total. The molecule has 0 N–H and O–H groups in total. The van der Waals surface area contributed by atoms with Crippen molar-refractivity contribution in [3.8, 4) is 11.8 Å². The molecule has 2 aromatic heterocycles. The van der Waals surface area contributed by atoms with Gasteiger partial charge in [0.2, 0.25) is 0 Å². The number of pyridine rings is 1. The summed E-state index contributed by atoms with van der Waals surface area (Å²) >= 11 is 12.3. The maximum Gasteiger partial charge on any atom is 0.132 e. The highest BCUT2D eigenvalue weighted by Gasteiger charge is 2.18. The van der Waals surface area contributed by atoms with Crippen LogP contribution in [0.15, 0.2) is 36.7 Å². The zero-order valence-electron chi connectivity index (χ0n) is 11.1. The fraction of sp³-hybridized carbons (Fsp3) is 0.133. The fourth-order valence-electron chi connectivity index (χ4n) is 2.26. The minimum Gasteiger partial charge on any atom is -0.294 e. The number of benzene rings is 1. The molecule has 3 aromatic rings. The molecular weight excluding hydrogens is 307 g/mol. The normalized spacial score (nSPS) is 12.3. The van der Waals surface area contributed by atoms with Crippen molar-refractivity contribution < 1.29 is 0 Å². The summed E-state index contributed by atoms with van der Waals surface area (Å²) < 4.78 is 1.86. The first-order valence-electron chi connectivity index (χ1n) is 6.28. The van der Waals surface area contributed by atoms with E-state index in [1.165, 1.54) is 0 Å². The summed E-state index contributed by atoms with van der Waals surface area (Å²) in [5.74, 6) is 0.651. The van der Waals surface area contributed by atoms with Gasteiger partial charge in [-0.1, -0.05) is 11.6 Å². The first kappa shape index (κ1) is 13.9. The molecule has 0 bridgehead atoms. The SMILES string of the molecule is CC(Cl)c1nc2cnccc2n1-c1cc(Cl)ccc1C#N. The molecule has 1 aromatic carbocycles. The van der Waals surface area contributed by atoms with Crippen LogP contribution in [-0.4, -0.2) is 14.5 Å². The van der Waals surface area contributed by atoms with E-state index in [2.05, 4.69) is 16.0 Å². The minimum atomic E-state index is -0.317. The van der Waals surface area contributed by atoms with Crippen LogP contribution in [0.25, 0.3) is 16.7 Å². The van der Waals surface area contributed by atoms with Crippen molar-refractivity contribution in [3.05, 3.63) is 53.1 Å². The number of hydrogen-bond donors (Lipinski definition) is 0. The van der Waals surface area contributed by atoms with Crippen LogP contribution in [0.4, 0.5) is 0 Å². The van der Waals surface area contributed by atoms with Crippen LogP contribution in [0.3, 0.4) is 0 Å². The molecule has 6 heteroatoms. The summed E-state index contributed by atoms with van der Waals surface area (Å²) in [6, 6.07) is 9.13. The van der Waals surface area contributed by atoms with Crippen LogP contribution in [-0.2, 0) is 0 Å². The van der Waals surface area contributed by atoms with Gasteiger partial charge in [0.1, 0.15) is 17.4 Å². The Morgan fingerprint density at radius 2 is 2.14 bits per heavy atom. The zero-order chi connectivity index (χ0) is 15.0. The van der Waals surface area contributed by atoms with Crippen molar-refractivity contribution in [2.75, 3.05) is 0 Å². The van der Waals surface area contributed by atoms with Crippen molar-refractivity contribution in [2.24, 2.45) is 0 Å². The van der Waals surface area contributed by atoms with E-state index in [4.69, 9.17) is 23.2 Å². The third-order valence-electron chi connectivity index (χ3n) is 3.16. The summed E-state index contributed by atoms with van der Waals surface area (Å²) in [6.45, 7) is 1.84. The number of nitrogens with zero attached hydrogens (tertiary/aromatic N) is 4. The molecule has 104 valence electrons. The van der Waals surface area contributed by atoms with E-state index in [1.54, 1.807) is 30.6 Å². The molecule has 3 rings (SSSR count). The molecule has 0 amide bonds. The second-order valence-corrected chi connectivity index (χ2v) is 5.65. The minimum absolute atomic E-state index is 0.317. The Labute approximate surface area is 131 Å². The van der Waals surface area contributed by atoms with Crippen LogP contribution >= 0.6 is 23.2 Å². The standard InChI is InChI=1S/C15H10Cl2N4/c1-9(16)15-20-12-8-19-5-4-13(12)21(15)14-6-11(17)3-2-10(14)7-18/h2-6,8-9H,1H3. The maximum atomic E-state index is 9.34. The first-order valence-corrected chi connectivity index (χ1v) is 7.09. The van der Waals surface area contributed by atoms with E-state index in [-0.39, 0.29) is 5.38 Å². The summed E-state index contributed by atoms with van der Waals surface area (Å²) in [7, 11) is 0. The lowest BCUT2D eigenvalue weighted by atomic mass is 10.2. The molecule has 0 aliphatic rings. The molecule has 2 heterocycles. The van der Waals surface area contributed by atoms with Gasteiger partial charge in [0.25, 0.3) is 0 Å². The molecular formula is C15H10Cl2N4. The quantitative estimate of drug-likeness (QED) is 0.664. The highest BCUT2D eigenvalue weighted by molar-refractivity contribution is 6.30. The average molecular weight is 317 g/mol. The maximum absolute atomic E-state index is 9.34. The molecule has 0 aliphatic heterocycles. The van der Waals surface area contributed by atoms with Crippen molar-refractivity contribution in [1.82, 2.24) is 14.5 Å². The van der Waals surface area contributed by atoms with Gasteiger partial charge in [-0.25, -0.2) is 4.98 Å². The van der Waals surface area contributed by atoms with Gasteiger partial charge in [0.05, 0.1) is 28.3 Å². The number of imidazole rings is 1. The molecule has 0 radical (unpaired) electrons. The Kier molecular flexibility index (Phi) is 3.54. The van der Waals surface area contributed by atoms with E-state index in [0.717, 1.165) is 11.0 Å². The molecule has 0 saturated carbocycles. The summed E-state index contributed by atoms with van der Waals surface area (Å²) in [5.41, 5.74) is 2.74. The Morgan fingerprint density at radius 3 is 2.86 bits per heavy atom. The molecule has 0 spiro atoms. The smallest absolute Gasteiger partial charge is 0.132 e. The second kappa shape index (κ2) is 5.36. The Balaban J connectivity index is 2.42. The Hall–Kier alpha value is -2.09. The van der Waals surface area contributed by atoms with Gasteiger partial charge in [-0.2, -0.15) is 5.26 Å². The fourth-order valence-corrected chi connectivity index (χ4v) is 2.57. The predicted molar refractivity (Wildman–Crippen MR) is 82.9 cm³/mol. The largest absolute Gasteiger partial charge is 0.294 e. The number of halogens is 2. The van der Waals surface area contributed by atoms with Crippen LogP contribution in [0.2, 0.25) is 5.02 Å². The highest BCUT2D eigenvalue weighted by atomic mass is 35.5. The average Bonchev–Trinajstić information content (AvgIpc) is 2.86. The number of aromatic nitrogens is 3. The van der Waals surface area contributed by atoms with Gasteiger partial charge < -0.3 is 0 Å². The van der Waals surface area contributed by atoms with Gasteiger partial charge >= 0.3 is 0 Å². The van der Waals surface area contributed by atoms with Gasteiger partial charge in [-0.05, 0) is 31.2 Å². The van der Waals surface area contributed by atoms with E-state index >= 15 is 0 Å². The predicted octanol–water partition coefficient (Wildman–Crippen LogP) is 4.25. The monoisotopic (exact) mass is 316 g/mol. The second-order valence-electron chi connectivity index (χ2n) is 4.56. The number of fused-ring (bicyclic) bond motifs is 1. The van der Waals surface area contributed by atoms with Crippen LogP contribution < -0.4 is 0 Å². The Morgan fingerprint density at radius 1 is 1.33 bits per heavy atom. The van der Waals surface area contributed by atoms with Gasteiger partial charge in [-0.15, -0.1) is 11.6 Å². The number of nitriles is 1. The topological polar surface area (TPSA) is 54.5 Å². The molecule has 0 fully saturated rings. The van der Waals surface area contributed by atoms with E-state index in [0.29, 0.717) is 22.1 Å². The lowest BCUT2D eigenvalue weighted by Crippen LogP contribution is -2.04. The van der Waals surface area contributed by atoms with Crippen molar-refractivity contribution in [2.45, 2.75) is 12.3 Å². The van der Waals surface area contributed by atoms with Gasteiger partial charge in [-0.3, -0.25) is 9.55 Å². The lowest BCUT2D eigenvalue weighted by molar-refractivity contribution is 0.881. The van der Waals surface area contributed by atoms with Gasteiger partial charge in [0.15, 0.2) is 0 Å². The molecule has 0 saturated heterocycles. The number of hydrogen-bond acceptors (Lipinski definition) is 3. The van der Waals surface area contributed by atoms with E-state index < -0.39 is 0 Å². The van der Waals surface area contributed by atoms with Gasteiger partial charge in [0, 0.05) is 11.2 Å². The van der Waals surface area contributed by atoms with Crippen LogP contribution in [0.1, 0.15) is 23.7 Å². The molecule has 1 unspecified atom stereocenters. The summed E-state index contributed by atoms with van der Waals surface area (Å²) in [5, 5.41) is 9.57. The zero-order valence-corrected chi connectivity index (χ0v) is 12.6. The lowest BCUT2D eigenvalue weighted by Gasteiger charge is -2.12. The van der Waals surface area contributed by atoms with Crippen LogP contribution in [0.5, 0.6) is 0 Å². The molecule has 21 heavy (non-hydrogen) atoms. The summed E-state index contributed by atoms with van der Waals surface area (Å²) in [6.07, 6.45) is 3.35. The molecule has 0 aliphatic carbocycles. The number of rotatable bonds is 2. The summed E-state index contributed by atoms with van der Waals surface area (Å²) in [4.78, 5) is 8.58. The number of alkyl halides is 1. The third-order valence-corrected chi connectivity index (χ3v) is 3.59. The molecule has 1 atom stereocenters. The Bertz CT molecular complexity index is 862. The highest BCUT2D eigenvalue weighted by Crippen LogP contribution is 2.30. The van der Waals surface area contributed by atoms with E-state index in [1.807, 2.05) is 17.6 Å². The first-order chi connectivity index (χ1) is 10.1. The third kappa shape index (κ3) is 2.35.